The van der Waals surface area contributed by atoms with Gasteiger partial charge in [-0.05, 0) is 39.3 Å². The van der Waals surface area contributed by atoms with Crippen molar-refractivity contribution in [2.75, 3.05) is 55.8 Å². The summed E-state index contributed by atoms with van der Waals surface area (Å²) in [4.78, 5) is 18.1. The van der Waals surface area contributed by atoms with E-state index in [9.17, 15) is 0 Å². The summed E-state index contributed by atoms with van der Waals surface area (Å²) < 4.78 is 0. The highest BCUT2D eigenvalue weighted by Gasteiger charge is 2.20. The molecule has 0 aromatic carbocycles. The minimum Gasteiger partial charge on any atom is -0.357 e. The minimum atomic E-state index is 0.419. The lowest BCUT2D eigenvalue weighted by Crippen LogP contribution is -2.40. The summed E-state index contributed by atoms with van der Waals surface area (Å²) >= 11 is 0. The van der Waals surface area contributed by atoms with Crippen LogP contribution in [0.2, 0.25) is 0 Å². The van der Waals surface area contributed by atoms with Crippen molar-refractivity contribution in [1.82, 2.24) is 19.9 Å². The molecule has 0 radical (unpaired) electrons. The summed E-state index contributed by atoms with van der Waals surface area (Å²) in [7, 11) is 4.01. The molecular weight excluding hydrogens is 266 g/mol. The number of nitrogens with zero attached hydrogens (tertiary/aromatic N) is 5. The minimum absolute atomic E-state index is 0.419. The number of likely N-dealkylation sites (tertiary alicyclic amines) is 1. The van der Waals surface area contributed by atoms with Crippen molar-refractivity contribution in [3.63, 3.8) is 0 Å². The lowest BCUT2D eigenvalue weighted by atomic mass is 10.1. The van der Waals surface area contributed by atoms with Gasteiger partial charge in [0.2, 0.25) is 17.8 Å². The molecule has 0 bridgehead atoms. The Morgan fingerprint density at radius 3 is 2.48 bits per heavy atom. The van der Waals surface area contributed by atoms with Gasteiger partial charge in [0.15, 0.2) is 0 Å². The van der Waals surface area contributed by atoms with Gasteiger partial charge in [0.25, 0.3) is 0 Å². The number of hydrogen-bond acceptors (Lipinski definition) is 7. The first-order valence-corrected chi connectivity index (χ1v) is 7.88. The van der Waals surface area contributed by atoms with E-state index in [1.807, 2.05) is 7.05 Å². The molecule has 1 atom stereocenters. The second-order valence-electron chi connectivity index (χ2n) is 5.97. The first-order chi connectivity index (χ1) is 10.2. The van der Waals surface area contributed by atoms with Crippen LogP contribution in [-0.2, 0) is 0 Å². The van der Waals surface area contributed by atoms with Crippen LogP contribution < -0.4 is 15.5 Å². The maximum atomic E-state index is 4.62. The highest BCUT2D eigenvalue weighted by atomic mass is 15.3. The average molecular weight is 291 g/mol. The van der Waals surface area contributed by atoms with Crippen LogP contribution in [0.1, 0.15) is 25.7 Å². The molecule has 2 aliphatic heterocycles. The van der Waals surface area contributed by atoms with Crippen molar-refractivity contribution < 1.29 is 0 Å². The molecule has 3 rings (SSSR count). The van der Waals surface area contributed by atoms with Crippen molar-refractivity contribution in [2.45, 2.75) is 31.7 Å². The summed E-state index contributed by atoms with van der Waals surface area (Å²) in [5.74, 6) is 2.12. The molecule has 7 heteroatoms. The Hall–Kier alpha value is -1.63. The molecule has 7 nitrogen and oxygen atoms in total. The van der Waals surface area contributed by atoms with E-state index >= 15 is 0 Å². The van der Waals surface area contributed by atoms with E-state index in [0.717, 1.165) is 25.6 Å². The summed E-state index contributed by atoms with van der Waals surface area (Å²) in [6, 6.07) is 0.419. The third-order valence-corrected chi connectivity index (χ3v) is 4.19. The molecule has 1 aromatic heterocycles. The topological polar surface area (TPSA) is 69.2 Å². The third kappa shape index (κ3) is 3.53. The van der Waals surface area contributed by atoms with E-state index in [1.165, 1.54) is 32.2 Å². The van der Waals surface area contributed by atoms with Crippen LogP contribution in [0.4, 0.5) is 17.8 Å². The first kappa shape index (κ1) is 14.3. The predicted molar refractivity (Wildman–Crippen MR) is 85.0 cm³/mol. The second-order valence-corrected chi connectivity index (χ2v) is 5.97. The zero-order valence-corrected chi connectivity index (χ0v) is 13.0. The quantitative estimate of drug-likeness (QED) is 0.858. The number of likely N-dealkylation sites (N-methyl/N-ethyl adjacent to an activating group) is 1. The zero-order chi connectivity index (χ0) is 14.7. The van der Waals surface area contributed by atoms with Crippen molar-refractivity contribution >= 4 is 17.8 Å². The SMILES string of the molecule is CNc1nc(NC2CCCN(C)C2)nc(N2CCCC2)n1. The lowest BCUT2D eigenvalue weighted by molar-refractivity contribution is 0.260. The molecule has 21 heavy (non-hydrogen) atoms. The summed E-state index contributed by atoms with van der Waals surface area (Å²) in [6.45, 7) is 4.30. The summed E-state index contributed by atoms with van der Waals surface area (Å²) in [5, 5.41) is 6.52. The van der Waals surface area contributed by atoms with Crippen LogP contribution in [0.15, 0.2) is 0 Å². The van der Waals surface area contributed by atoms with Crippen LogP contribution in [0.5, 0.6) is 0 Å². The second kappa shape index (κ2) is 6.43. The molecule has 0 spiro atoms. The molecule has 2 aliphatic rings. The van der Waals surface area contributed by atoms with Gasteiger partial charge >= 0.3 is 0 Å². The molecule has 0 aliphatic carbocycles. The van der Waals surface area contributed by atoms with Crippen LogP contribution in [0, 0.1) is 0 Å². The Balaban J connectivity index is 1.75. The zero-order valence-electron chi connectivity index (χ0n) is 13.0. The number of hydrogen-bond donors (Lipinski definition) is 2. The fraction of sp³-hybridized carbons (Fsp3) is 0.786. The van der Waals surface area contributed by atoms with E-state index in [1.54, 1.807) is 0 Å². The van der Waals surface area contributed by atoms with Crippen LogP contribution >= 0.6 is 0 Å². The molecule has 3 heterocycles. The van der Waals surface area contributed by atoms with E-state index < -0.39 is 0 Å². The molecule has 0 amide bonds. The van der Waals surface area contributed by atoms with E-state index in [-0.39, 0.29) is 0 Å². The first-order valence-electron chi connectivity index (χ1n) is 7.88. The lowest BCUT2D eigenvalue weighted by Gasteiger charge is -2.30. The van der Waals surface area contributed by atoms with Gasteiger partial charge < -0.3 is 20.4 Å². The molecule has 1 unspecified atom stereocenters. The monoisotopic (exact) mass is 291 g/mol. The van der Waals surface area contributed by atoms with E-state index in [0.29, 0.717) is 17.9 Å². The molecule has 2 N–H and O–H groups in total. The Kier molecular flexibility index (Phi) is 4.38. The van der Waals surface area contributed by atoms with Gasteiger partial charge in [-0.25, -0.2) is 0 Å². The van der Waals surface area contributed by atoms with E-state index in [2.05, 4.69) is 42.4 Å². The van der Waals surface area contributed by atoms with Gasteiger partial charge in [0, 0.05) is 32.7 Å². The molecule has 0 saturated carbocycles. The highest BCUT2D eigenvalue weighted by molar-refractivity contribution is 5.44. The fourth-order valence-electron chi connectivity index (χ4n) is 3.07. The Labute approximate surface area is 126 Å². The average Bonchev–Trinajstić information content (AvgIpc) is 3.01. The number of anilines is 3. The Bertz CT molecular complexity index is 472. The molecule has 116 valence electrons. The summed E-state index contributed by atoms with van der Waals surface area (Å²) in [5.41, 5.74) is 0. The van der Waals surface area contributed by atoms with Crippen molar-refractivity contribution in [1.29, 1.82) is 0 Å². The highest BCUT2D eigenvalue weighted by Crippen LogP contribution is 2.20. The van der Waals surface area contributed by atoms with Crippen LogP contribution in [0.3, 0.4) is 0 Å². The maximum absolute atomic E-state index is 4.62. The van der Waals surface area contributed by atoms with Crippen LogP contribution in [0.25, 0.3) is 0 Å². The maximum Gasteiger partial charge on any atom is 0.231 e. The van der Waals surface area contributed by atoms with Gasteiger partial charge in [-0.1, -0.05) is 0 Å². The Morgan fingerprint density at radius 2 is 1.76 bits per heavy atom. The van der Waals surface area contributed by atoms with Gasteiger partial charge in [0.1, 0.15) is 0 Å². The largest absolute Gasteiger partial charge is 0.357 e. The standard InChI is InChI=1S/C14H25N7/c1-15-12-17-13(16-11-6-5-7-20(2)10-11)19-14(18-12)21-8-3-4-9-21/h11H,3-10H2,1-2H3,(H2,15,16,17,18,19). The summed E-state index contributed by atoms with van der Waals surface area (Å²) in [6.07, 6.45) is 4.83. The van der Waals surface area contributed by atoms with E-state index in [4.69, 9.17) is 0 Å². The third-order valence-electron chi connectivity index (χ3n) is 4.19. The number of rotatable bonds is 4. The van der Waals surface area contributed by atoms with Gasteiger partial charge in [-0.2, -0.15) is 15.0 Å². The Morgan fingerprint density at radius 1 is 1.00 bits per heavy atom. The predicted octanol–water partition coefficient (Wildman–Crippen LogP) is 1.02. The van der Waals surface area contributed by atoms with Crippen molar-refractivity contribution in [3.8, 4) is 0 Å². The van der Waals surface area contributed by atoms with Gasteiger partial charge in [-0.3, -0.25) is 0 Å². The fourth-order valence-corrected chi connectivity index (χ4v) is 3.07. The number of piperidine rings is 1. The number of nitrogens with one attached hydrogen (secondary N) is 2. The molecule has 2 saturated heterocycles. The van der Waals surface area contributed by atoms with Gasteiger partial charge in [0.05, 0.1) is 0 Å². The molecular formula is C14H25N7. The molecule has 2 fully saturated rings. The normalized spacial score (nSPS) is 23.3. The van der Waals surface area contributed by atoms with Crippen LogP contribution in [-0.4, -0.2) is 66.2 Å². The van der Waals surface area contributed by atoms with Crippen molar-refractivity contribution in [2.24, 2.45) is 0 Å². The number of aromatic nitrogens is 3. The smallest absolute Gasteiger partial charge is 0.231 e. The molecule has 1 aromatic rings. The van der Waals surface area contributed by atoms with Gasteiger partial charge in [-0.15, -0.1) is 0 Å². The van der Waals surface area contributed by atoms with Crippen molar-refractivity contribution in [3.05, 3.63) is 0 Å².